The number of nitrogens with zero attached hydrogens (tertiary/aromatic N) is 2. The molecule has 0 atom stereocenters. The molecule has 0 amide bonds. The third-order valence-electron chi connectivity index (χ3n) is 4.29. The maximum absolute atomic E-state index is 12.3. The molecule has 0 saturated carbocycles. The van der Waals surface area contributed by atoms with Gasteiger partial charge < -0.3 is 5.11 Å². The maximum Gasteiger partial charge on any atom is 0.335 e. The summed E-state index contributed by atoms with van der Waals surface area (Å²) in [6.07, 6.45) is 0. The fraction of sp³-hybridized carbons (Fsp3) is 0.150. The molecule has 2 aromatic carbocycles. The summed E-state index contributed by atoms with van der Waals surface area (Å²) in [7, 11) is 0. The lowest BCUT2D eigenvalue weighted by molar-refractivity contribution is 0.429. The third-order valence-corrected chi connectivity index (χ3v) is 4.29. The summed E-state index contributed by atoms with van der Waals surface area (Å²) in [4.78, 5) is 26.9. The van der Waals surface area contributed by atoms with Crippen molar-refractivity contribution in [3.8, 4) is 11.6 Å². The van der Waals surface area contributed by atoms with Crippen LogP contribution < -0.4 is 16.7 Å². The van der Waals surface area contributed by atoms with Gasteiger partial charge in [0.05, 0.1) is 17.1 Å². The molecule has 3 rings (SSSR count). The van der Waals surface area contributed by atoms with Crippen LogP contribution in [-0.4, -0.2) is 20.4 Å². The van der Waals surface area contributed by atoms with E-state index in [4.69, 9.17) is 0 Å². The first-order valence-electron chi connectivity index (χ1n) is 8.40. The van der Waals surface area contributed by atoms with E-state index in [2.05, 4.69) is 15.5 Å². The van der Waals surface area contributed by atoms with Crippen LogP contribution in [0.25, 0.3) is 5.69 Å². The van der Waals surface area contributed by atoms with Gasteiger partial charge in [-0.15, -0.1) is 0 Å². The number of H-pyrrole nitrogens is 1. The fourth-order valence-corrected chi connectivity index (χ4v) is 2.79. The molecule has 0 unspecified atom stereocenters. The number of nitrogens with one attached hydrogen (secondary N) is 2. The summed E-state index contributed by atoms with van der Waals surface area (Å²) in [6.45, 7) is 5.32. The van der Waals surface area contributed by atoms with Crippen molar-refractivity contribution in [2.45, 2.75) is 20.8 Å². The Morgan fingerprint density at radius 3 is 2.33 bits per heavy atom. The van der Waals surface area contributed by atoms with E-state index in [9.17, 15) is 14.7 Å². The lowest BCUT2D eigenvalue weighted by atomic mass is 10.1. The van der Waals surface area contributed by atoms with E-state index in [0.717, 1.165) is 21.4 Å². The number of hydrazone groups is 1. The lowest BCUT2D eigenvalue weighted by Gasteiger charge is -2.13. The number of benzene rings is 2. The highest BCUT2D eigenvalue weighted by Crippen LogP contribution is 2.20. The van der Waals surface area contributed by atoms with Crippen molar-refractivity contribution in [1.82, 2.24) is 9.55 Å². The van der Waals surface area contributed by atoms with E-state index < -0.39 is 17.1 Å². The maximum atomic E-state index is 12.3. The van der Waals surface area contributed by atoms with Crippen LogP contribution in [0.2, 0.25) is 0 Å². The first-order chi connectivity index (χ1) is 12.9. The smallest absolute Gasteiger partial charge is 0.335 e. The van der Waals surface area contributed by atoms with E-state index in [1.807, 2.05) is 50.2 Å². The highest BCUT2D eigenvalue weighted by molar-refractivity contribution is 6.00. The molecule has 27 heavy (non-hydrogen) atoms. The van der Waals surface area contributed by atoms with E-state index >= 15 is 0 Å². The molecule has 138 valence electrons. The summed E-state index contributed by atoms with van der Waals surface area (Å²) < 4.78 is 1.07. The molecule has 0 fully saturated rings. The minimum Gasteiger partial charge on any atom is -0.493 e. The minimum absolute atomic E-state index is 0.0704. The average Bonchev–Trinajstić information content (AvgIpc) is 2.62. The molecule has 0 spiro atoms. The second kappa shape index (κ2) is 7.33. The van der Waals surface area contributed by atoms with Crippen LogP contribution in [0.5, 0.6) is 5.88 Å². The molecular weight excluding hydrogens is 344 g/mol. The van der Waals surface area contributed by atoms with Crippen LogP contribution >= 0.6 is 0 Å². The normalized spacial score (nSPS) is 11.4. The Morgan fingerprint density at radius 1 is 1.04 bits per heavy atom. The largest absolute Gasteiger partial charge is 0.493 e. The van der Waals surface area contributed by atoms with Crippen molar-refractivity contribution < 1.29 is 5.11 Å². The summed E-state index contributed by atoms with van der Waals surface area (Å²) in [6, 6.07) is 14.6. The first kappa shape index (κ1) is 18.2. The van der Waals surface area contributed by atoms with E-state index in [0.29, 0.717) is 5.69 Å². The number of rotatable bonds is 4. The van der Waals surface area contributed by atoms with Crippen molar-refractivity contribution >= 4 is 11.4 Å². The second-order valence-electron chi connectivity index (χ2n) is 6.20. The molecule has 7 heteroatoms. The molecule has 0 saturated heterocycles. The molecule has 0 bridgehead atoms. The molecule has 3 aromatic rings. The van der Waals surface area contributed by atoms with Gasteiger partial charge in [-0.25, -0.2) is 9.36 Å². The summed E-state index contributed by atoms with van der Waals surface area (Å²) in [5.74, 6) is -0.453. The third kappa shape index (κ3) is 3.52. The zero-order valence-corrected chi connectivity index (χ0v) is 15.3. The average molecular weight is 364 g/mol. The van der Waals surface area contributed by atoms with Crippen molar-refractivity contribution in [1.29, 1.82) is 0 Å². The molecule has 1 heterocycles. The van der Waals surface area contributed by atoms with Gasteiger partial charge in [-0.2, -0.15) is 5.10 Å². The second-order valence-corrected chi connectivity index (χ2v) is 6.20. The standard InChI is InChI=1S/C20H20N4O3/c1-12-8-4-6-10-15(12)23-22-14(3)17-18(25)21-20(27)24(19(17)26)16-11-7-5-9-13(16)2/h4-11,23,26H,1-3H3,(H,21,25,27). The number of anilines is 1. The monoisotopic (exact) mass is 364 g/mol. The van der Waals surface area contributed by atoms with Gasteiger partial charge in [0, 0.05) is 0 Å². The summed E-state index contributed by atoms with van der Waals surface area (Å²) in [5, 5.41) is 14.9. The number of hydrogen-bond donors (Lipinski definition) is 3. The predicted molar refractivity (Wildman–Crippen MR) is 106 cm³/mol. The van der Waals surface area contributed by atoms with Crippen molar-refractivity contribution in [2.24, 2.45) is 5.10 Å². The number of aromatic nitrogens is 2. The topological polar surface area (TPSA) is 99.5 Å². The van der Waals surface area contributed by atoms with Gasteiger partial charge in [-0.05, 0) is 44.0 Å². The highest BCUT2D eigenvalue weighted by Gasteiger charge is 2.18. The number of aromatic hydroxyl groups is 1. The Bertz CT molecular complexity index is 1140. The summed E-state index contributed by atoms with van der Waals surface area (Å²) >= 11 is 0. The van der Waals surface area contributed by atoms with Gasteiger partial charge in [0.25, 0.3) is 5.56 Å². The molecule has 3 N–H and O–H groups in total. The Kier molecular flexibility index (Phi) is 4.94. The lowest BCUT2D eigenvalue weighted by Crippen LogP contribution is -2.33. The van der Waals surface area contributed by atoms with E-state index in [-0.39, 0.29) is 11.3 Å². The van der Waals surface area contributed by atoms with E-state index in [1.54, 1.807) is 19.1 Å². The molecule has 7 nitrogen and oxygen atoms in total. The highest BCUT2D eigenvalue weighted by atomic mass is 16.3. The van der Waals surface area contributed by atoms with Gasteiger partial charge in [-0.1, -0.05) is 36.4 Å². The van der Waals surface area contributed by atoms with Crippen LogP contribution in [0.4, 0.5) is 5.69 Å². The Morgan fingerprint density at radius 2 is 1.67 bits per heavy atom. The van der Waals surface area contributed by atoms with E-state index in [1.165, 1.54) is 0 Å². The Hall–Kier alpha value is -3.61. The quantitative estimate of drug-likeness (QED) is 0.489. The van der Waals surface area contributed by atoms with Crippen LogP contribution in [0.3, 0.4) is 0 Å². The zero-order chi connectivity index (χ0) is 19.6. The van der Waals surface area contributed by atoms with Crippen LogP contribution in [-0.2, 0) is 0 Å². The molecular formula is C20H20N4O3. The molecule has 0 aliphatic carbocycles. The molecule has 0 aliphatic heterocycles. The Labute approximate surface area is 155 Å². The molecule has 0 radical (unpaired) electrons. The van der Waals surface area contributed by atoms with Crippen molar-refractivity contribution in [2.75, 3.05) is 5.43 Å². The SMILES string of the molecule is CC(=NNc1ccccc1C)c1c(O)n(-c2ccccc2C)c(=O)[nH]c1=O. The first-order valence-corrected chi connectivity index (χ1v) is 8.40. The summed E-state index contributed by atoms with van der Waals surface area (Å²) in [5.41, 5.74) is 4.68. The number of hydrogen-bond acceptors (Lipinski definition) is 5. The minimum atomic E-state index is -0.713. The molecule has 1 aromatic heterocycles. The van der Waals surface area contributed by atoms with Gasteiger partial charge in [0.2, 0.25) is 5.88 Å². The number of aromatic amines is 1. The molecule has 0 aliphatic rings. The van der Waals surface area contributed by atoms with Gasteiger partial charge in [0.1, 0.15) is 5.56 Å². The van der Waals surface area contributed by atoms with Crippen LogP contribution in [0, 0.1) is 13.8 Å². The van der Waals surface area contributed by atoms with Crippen LogP contribution in [0.1, 0.15) is 23.6 Å². The van der Waals surface area contributed by atoms with Crippen molar-refractivity contribution in [3.05, 3.63) is 86.1 Å². The van der Waals surface area contributed by atoms with Crippen LogP contribution in [0.15, 0.2) is 63.2 Å². The zero-order valence-electron chi connectivity index (χ0n) is 15.3. The van der Waals surface area contributed by atoms with Crippen molar-refractivity contribution in [3.63, 3.8) is 0 Å². The van der Waals surface area contributed by atoms with Gasteiger partial charge in [0.15, 0.2) is 0 Å². The fourth-order valence-electron chi connectivity index (χ4n) is 2.79. The Balaban J connectivity index is 2.11. The number of aryl methyl sites for hydroxylation is 2. The van der Waals surface area contributed by atoms with Gasteiger partial charge >= 0.3 is 5.69 Å². The number of para-hydroxylation sites is 2. The van der Waals surface area contributed by atoms with Gasteiger partial charge in [-0.3, -0.25) is 15.2 Å². The predicted octanol–water partition coefficient (Wildman–Crippen LogP) is 2.68.